The Morgan fingerprint density at radius 2 is 2.09 bits per heavy atom. The van der Waals surface area contributed by atoms with Crippen LogP contribution in [0.3, 0.4) is 0 Å². The molecule has 3 rings (SSSR count). The number of nitrogens with zero attached hydrogens (tertiary/aromatic N) is 3. The van der Waals surface area contributed by atoms with E-state index in [1.807, 2.05) is 24.5 Å². The van der Waals surface area contributed by atoms with E-state index in [-0.39, 0.29) is 5.91 Å². The second kappa shape index (κ2) is 6.60. The number of nitrogens with one attached hydrogen (secondary N) is 1. The molecule has 1 fully saturated rings. The molecular weight excluding hydrogens is 280 g/mol. The van der Waals surface area contributed by atoms with E-state index in [0.29, 0.717) is 23.9 Å². The van der Waals surface area contributed by atoms with Gasteiger partial charge in [0.15, 0.2) is 5.69 Å². The second-order valence-corrected chi connectivity index (χ2v) is 5.67. The summed E-state index contributed by atoms with van der Waals surface area (Å²) in [6, 6.07) is 5.73. The smallest absolute Gasteiger partial charge is 0.273 e. The molecular formula is C16H20N4O2. The first-order valence-electron chi connectivity index (χ1n) is 7.59. The number of amides is 1. The van der Waals surface area contributed by atoms with Gasteiger partial charge in [-0.1, -0.05) is 5.16 Å². The predicted octanol–water partition coefficient (Wildman–Crippen LogP) is 2.02. The molecule has 0 aliphatic carbocycles. The quantitative estimate of drug-likeness (QED) is 0.935. The summed E-state index contributed by atoms with van der Waals surface area (Å²) in [6.45, 7) is 4.48. The van der Waals surface area contributed by atoms with Crippen molar-refractivity contribution in [1.29, 1.82) is 0 Å². The monoisotopic (exact) mass is 300 g/mol. The topological polar surface area (TPSA) is 71.3 Å². The van der Waals surface area contributed by atoms with Crippen LogP contribution in [0.2, 0.25) is 0 Å². The maximum Gasteiger partial charge on any atom is 0.273 e. The first-order chi connectivity index (χ1) is 10.7. The number of aryl methyl sites for hydroxylation is 1. The Morgan fingerprint density at radius 3 is 2.73 bits per heavy atom. The fourth-order valence-corrected chi connectivity index (χ4v) is 2.75. The van der Waals surface area contributed by atoms with E-state index in [2.05, 4.69) is 20.4 Å². The summed E-state index contributed by atoms with van der Waals surface area (Å²) in [5.41, 5.74) is 1.57. The third-order valence-corrected chi connectivity index (χ3v) is 4.05. The molecule has 1 aliphatic heterocycles. The zero-order valence-corrected chi connectivity index (χ0v) is 12.7. The number of carbonyl (C=O) groups is 1. The van der Waals surface area contributed by atoms with Gasteiger partial charge in [-0.3, -0.25) is 9.78 Å². The largest absolute Gasteiger partial charge is 0.371 e. The molecule has 0 spiro atoms. The van der Waals surface area contributed by atoms with Crippen molar-refractivity contribution in [2.45, 2.75) is 19.8 Å². The van der Waals surface area contributed by atoms with Crippen molar-refractivity contribution >= 4 is 11.6 Å². The van der Waals surface area contributed by atoms with Crippen LogP contribution in [-0.2, 0) is 0 Å². The summed E-state index contributed by atoms with van der Waals surface area (Å²) in [5.74, 6) is 0.999. The van der Waals surface area contributed by atoms with Crippen LogP contribution >= 0.6 is 0 Å². The van der Waals surface area contributed by atoms with Crippen molar-refractivity contribution in [3.05, 3.63) is 42.0 Å². The third-order valence-electron chi connectivity index (χ3n) is 4.05. The van der Waals surface area contributed by atoms with E-state index in [4.69, 9.17) is 4.52 Å². The van der Waals surface area contributed by atoms with Gasteiger partial charge < -0.3 is 14.7 Å². The van der Waals surface area contributed by atoms with Gasteiger partial charge in [0, 0.05) is 43.8 Å². The molecule has 2 aromatic heterocycles. The van der Waals surface area contributed by atoms with Crippen LogP contribution in [0.4, 0.5) is 5.69 Å². The molecule has 1 aliphatic rings. The predicted molar refractivity (Wildman–Crippen MR) is 82.7 cm³/mol. The van der Waals surface area contributed by atoms with Gasteiger partial charge in [-0.2, -0.15) is 0 Å². The molecule has 22 heavy (non-hydrogen) atoms. The number of aromatic nitrogens is 2. The molecule has 0 aromatic carbocycles. The van der Waals surface area contributed by atoms with Crippen molar-refractivity contribution < 1.29 is 9.32 Å². The Labute approximate surface area is 129 Å². The molecule has 0 saturated carbocycles. The molecule has 6 nitrogen and oxygen atoms in total. The lowest BCUT2D eigenvalue weighted by atomic mass is 9.96. The van der Waals surface area contributed by atoms with E-state index in [9.17, 15) is 4.79 Å². The maximum atomic E-state index is 11.9. The SMILES string of the molecule is Cc1cc(C(=O)NCC2CCN(c3ccncc3)CC2)no1. The standard InChI is InChI=1S/C16H20N4O2/c1-12-10-15(19-22-12)16(21)18-11-13-4-8-20(9-5-13)14-2-6-17-7-3-14/h2-3,6-7,10,13H,4-5,8-9,11H2,1H3,(H,18,21). The van der Waals surface area contributed by atoms with E-state index in [0.717, 1.165) is 25.9 Å². The summed E-state index contributed by atoms with van der Waals surface area (Å²) in [5, 5.41) is 6.68. The second-order valence-electron chi connectivity index (χ2n) is 5.67. The van der Waals surface area contributed by atoms with Gasteiger partial charge in [0.1, 0.15) is 5.76 Å². The van der Waals surface area contributed by atoms with Crippen LogP contribution in [-0.4, -0.2) is 35.7 Å². The van der Waals surface area contributed by atoms with Crippen molar-refractivity contribution in [2.24, 2.45) is 5.92 Å². The van der Waals surface area contributed by atoms with Crippen LogP contribution in [0.25, 0.3) is 0 Å². The summed E-state index contributed by atoms with van der Waals surface area (Å²) in [6.07, 6.45) is 5.78. The van der Waals surface area contributed by atoms with E-state index < -0.39 is 0 Å². The van der Waals surface area contributed by atoms with Gasteiger partial charge in [0.25, 0.3) is 5.91 Å². The minimum absolute atomic E-state index is 0.159. The van der Waals surface area contributed by atoms with E-state index >= 15 is 0 Å². The maximum absolute atomic E-state index is 11.9. The van der Waals surface area contributed by atoms with Crippen LogP contribution in [0.5, 0.6) is 0 Å². The molecule has 0 bridgehead atoms. The molecule has 0 atom stereocenters. The average Bonchev–Trinajstić information content (AvgIpc) is 3.00. The lowest BCUT2D eigenvalue weighted by Crippen LogP contribution is -2.38. The summed E-state index contributed by atoms with van der Waals surface area (Å²) >= 11 is 0. The highest BCUT2D eigenvalue weighted by Gasteiger charge is 2.20. The van der Waals surface area contributed by atoms with Gasteiger partial charge in [-0.15, -0.1) is 0 Å². The number of hydrogen-bond donors (Lipinski definition) is 1. The van der Waals surface area contributed by atoms with Gasteiger partial charge >= 0.3 is 0 Å². The van der Waals surface area contributed by atoms with Crippen LogP contribution in [0, 0.1) is 12.8 Å². The lowest BCUT2D eigenvalue weighted by Gasteiger charge is -2.33. The molecule has 0 unspecified atom stereocenters. The third kappa shape index (κ3) is 3.44. The molecule has 1 saturated heterocycles. The Morgan fingerprint density at radius 1 is 1.36 bits per heavy atom. The first-order valence-corrected chi connectivity index (χ1v) is 7.59. The summed E-state index contributed by atoms with van der Waals surface area (Å²) < 4.78 is 4.92. The summed E-state index contributed by atoms with van der Waals surface area (Å²) in [4.78, 5) is 18.3. The average molecular weight is 300 g/mol. The van der Waals surface area contributed by atoms with Crippen LogP contribution in [0.1, 0.15) is 29.1 Å². The van der Waals surface area contributed by atoms with Crippen LogP contribution < -0.4 is 10.2 Å². The van der Waals surface area contributed by atoms with E-state index in [1.54, 1.807) is 13.0 Å². The van der Waals surface area contributed by atoms with Gasteiger partial charge in [-0.25, -0.2) is 0 Å². The Balaban J connectivity index is 1.45. The molecule has 0 radical (unpaired) electrons. The Kier molecular flexibility index (Phi) is 4.37. The van der Waals surface area contributed by atoms with Crippen molar-refractivity contribution in [1.82, 2.24) is 15.5 Å². The van der Waals surface area contributed by atoms with Gasteiger partial charge in [-0.05, 0) is 37.8 Å². The number of anilines is 1. The zero-order chi connectivity index (χ0) is 15.4. The molecule has 1 N–H and O–H groups in total. The first kappa shape index (κ1) is 14.6. The molecule has 2 aromatic rings. The number of pyridine rings is 1. The van der Waals surface area contributed by atoms with Crippen molar-refractivity contribution in [2.75, 3.05) is 24.5 Å². The zero-order valence-electron chi connectivity index (χ0n) is 12.7. The highest BCUT2D eigenvalue weighted by atomic mass is 16.5. The number of carbonyl (C=O) groups excluding carboxylic acids is 1. The fraction of sp³-hybridized carbons (Fsp3) is 0.438. The lowest BCUT2D eigenvalue weighted by molar-refractivity contribution is 0.0936. The molecule has 1 amide bonds. The minimum Gasteiger partial charge on any atom is -0.371 e. The fourth-order valence-electron chi connectivity index (χ4n) is 2.75. The van der Waals surface area contributed by atoms with Gasteiger partial charge in [0.05, 0.1) is 0 Å². The molecule has 3 heterocycles. The summed E-state index contributed by atoms with van der Waals surface area (Å²) in [7, 11) is 0. The minimum atomic E-state index is -0.159. The Bertz CT molecular complexity index is 618. The highest BCUT2D eigenvalue weighted by molar-refractivity contribution is 5.92. The van der Waals surface area contributed by atoms with Crippen molar-refractivity contribution in [3.63, 3.8) is 0 Å². The number of hydrogen-bond acceptors (Lipinski definition) is 5. The Hall–Kier alpha value is -2.37. The molecule has 116 valence electrons. The van der Waals surface area contributed by atoms with E-state index in [1.165, 1.54) is 5.69 Å². The van der Waals surface area contributed by atoms with Gasteiger partial charge in [0.2, 0.25) is 0 Å². The highest BCUT2D eigenvalue weighted by Crippen LogP contribution is 2.22. The normalized spacial score (nSPS) is 15.8. The van der Waals surface area contributed by atoms with Crippen molar-refractivity contribution in [3.8, 4) is 0 Å². The molecule has 6 heteroatoms. The number of piperidine rings is 1. The number of rotatable bonds is 4. The van der Waals surface area contributed by atoms with Crippen LogP contribution in [0.15, 0.2) is 35.1 Å².